The Balaban J connectivity index is 1.81. The smallest absolute Gasteiger partial charge is 0.251 e. The van der Waals surface area contributed by atoms with Crippen LogP contribution in [-0.4, -0.2) is 40.7 Å². The van der Waals surface area contributed by atoms with E-state index in [4.69, 9.17) is 0 Å². The normalized spacial score (nSPS) is 17.1. The van der Waals surface area contributed by atoms with Crippen molar-refractivity contribution < 1.29 is 14.4 Å². The van der Waals surface area contributed by atoms with Gasteiger partial charge in [0, 0.05) is 24.6 Å². The lowest BCUT2D eigenvalue weighted by atomic mass is 10.1. The number of thioether (sulfide) groups is 1. The van der Waals surface area contributed by atoms with E-state index in [-0.39, 0.29) is 29.7 Å². The molecule has 1 atom stereocenters. The summed E-state index contributed by atoms with van der Waals surface area (Å²) < 4.78 is 0. The molecular weight excluding hydrogens is 412 g/mol. The number of para-hydroxylation sites is 1. The molecule has 0 spiro atoms. The first kappa shape index (κ1) is 22.6. The predicted octanol–water partition coefficient (Wildman–Crippen LogP) is 3.49. The van der Waals surface area contributed by atoms with Crippen molar-refractivity contribution in [2.45, 2.75) is 38.0 Å². The molecule has 1 heterocycles. The minimum absolute atomic E-state index is 0.0837. The Morgan fingerprint density at radius 2 is 1.71 bits per heavy atom. The number of amidine groups is 1. The van der Waals surface area contributed by atoms with E-state index in [9.17, 15) is 14.4 Å². The number of benzene rings is 2. The summed E-state index contributed by atoms with van der Waals surface area (Å²) in [6.07, 6.45) is 0.0837. The molecule has 0 aliphatic carbocycles. The second-order valence-electron chi connectivity index (χ2n) is 8.13. The number of hydrogen-bond donors (Lipinski definition) is 2. The van der Waals surface area contributed by atoms with Crippen molar-refractivity contribution in [1.82, 2.24) is 10.6 Å². The van der Waals surface area contributed by atoms with Crippen LogP contribution < -0.4 is 15.5 Å². The maximum absolute atomic E-state index is 13.1. The molecule has 0 bridgehead atoms. The summed E-state index contributed by atoms with van der Waals surface area (Å²) in [4.78, 5) is 43.3. The highest BCUT2D eigenvalue weighted by Crippen LogP contribution is 2.31. The van der Waals surface area contributed by atoms with Crippen LogP contribution in [0.15, 0.2) is 59.6 Å². The Bertz CT molecular complexity index is 998. The zero-order valence-electron chi connectivity index (χ0n) is 18.0. The van der Waals surface area contributed by atoms with Crippen LogP contribution in [-0.2, 0) is 9.59 Å². The van der Waals surface area contributed by atoms with E-state index in [0.717, 1.165) is 5.69 Å². The standard InChI is InChI=1S/C23H26N4O3S/c1-23(2,3)26-22(25-16-8-6-5-7-9-16)31-18-14-19(28)27(21(18)30)17-12-10-15(11-13-17)20(29)24-4/h5-13,18H,14H2,1-4H3,(H,24,29)(H,25,26). The van der Waals surface area contributed by atoms with E-state index >= 15 is 0 Å². The van der Waals surface area contributed by atoms with E-state index in [1.807, 2.05) is 51.1 Å². The molecule has 1 saturated heterocycles. The summed E-state index contributed by atoms with van der Waals surface area (Å²) in [6, 6.07) is 15.9. The third kappa shape index (κ3) is 5.73. The monoisotopic (exact) mass is 438 g/mol. The van der Waals surface area contributed by atoms with Gasteiger partial charge in [-0.3, -0.25) is 14.4 Å². The van der Waals surface area contributed by atoms with Gasteiger partial charge in [0.2, 0.25) is 11.8 Å². The van der Waals surface area contributed by atoms with Gasteiger partial charge in [0.15, 0.2) is 5.17 Å². The molecule has 162 valence electrons. The highest BCUT2D eigenvalue weighted by atomic mass is 32.2. The summed E-state index contributed by atoms with van der Waals surface area (Å²) in [7, 11) is 1.55. The van der Waals surface area contributed by atoms with Crippen LogP contribution >= 0.6 is 11.8 Å². The molecular formula is C23H26N4O3S. The fourth-order valence-electron chi connectivity index (χ4n) is 3.03. The van der Waals surface area contributed by atoms with Crippen LogP contribution in [0.1, 0.15) is 37.6 Å². The highest BCUT2D eigenvalue weighted by molar-refractivity contribution is 8.15. The number of aliphatic imine (C=N–C) groups is 1. The first-order chi connectivity index (χ1) is 14.7. The molecule has 2 aromatic rings. The zero-order valence-corrected chi connectivity index (χ0v) is 18.8. The highest BCUT2D eigenvalue weighted by Gasteiger charge is 2.41. The average Bonchev–Trinajstić information content (AvgIpc) is 3.00. The van der Waals surface area contributed by atoms with Gasteiger partial charge in [-0.1, -0.05) is 30.0 Å². The Labute approximate surface area is 186 Å². The molecule has 2 N–H and O–H groups in total. The summed E-state index contributed by atoms with van der Waals surface area (Å²) in [6.45, 7) is 6.03. The summed E-state index contributed by atoms with van der Waals surface area (Å²) in [5.74, 6) is -0.793. The van der Waals surface area contributed by atoms with E-state index in [0.29, 0.717) is 16.4 Å². The molecule has 7 nitrogen and oxygen atoms in total. The third-order valence-corrected chi connectivity index (χ3v) is 5.51. The quantitative estimate of drug-likeness (QED) is 0.433. The summed E-state index contributed by atoms with van der Waals surface area (Å²) in [5, 5.41) is 5.88. The van der Waals surface area contributed by atoms with Crippen LogP contribution in [0.2, 0.25) is 0 Å². The Hall–Kier alpha value is -3.13. The van der Waals surface area contributed by atoms with Gasteiger partial charge in [0.1, 0.15) is 5.25 Å². The second kappa shape index (κ2) is 9.34. The van der Waals surface area contributed by atoms with Gasteiger partial charge in [0.25, 0.3) is 5.91 Å². The molecule has 8 heteroatoms. The maximum Gasteiger partial charge on any atom is 0.251 e. The van der Waals surface area contributed by atoms with Crippen molar-refractivity contribution in [2.24, 2.45) is 4.99 Å². The SMILES string of the molecule is CNC(=O)c1ccc(N2C(=O)CC(S/C(=N/c3ccccc3)NC(C)(C)C)C2=O)cc1. The topological polar surface area (TPSA) is 90.9 Å². The Morgan fingerprint density at radius 3 is 2.29 bits per heavy atom. The number of amides is 3. The number of anilines is 1. The lowest BCUT2D eigenvalue weighted by molar-refractivity contribution is -0.121. The molecule has 1 aliphatic rings. The molecule has 2 aromatic carbocycles. The average molecular weight is 439 g/mol. The van der Waals surface area contributed by atoms with Crippen molar-refractivity contribution in [3.8, 4) is 0 Å². The Morgan fingerprint density at radius 1 is 1.06 bits per heavy atom. The molecule has 0 saturated carbocycles. The predicted molar refractivity (Wildman–Crippen MR) is 125 cm³/mol. The van der Waals surface area contributed by atoms with E-state index < -0.39 is 5.25 Å². The van der Waals surface area contributed by atoms with Gasteiger partial charge >= 0.3 is 0 Å². The summed E-state index contributed by atoms with van der Waals surface area (Å²) in [5.41, 5.74) is 1.42. The Kier molecular flexibility index (Phi) is 6.80. The fraction of sp³-hybridized carbons (Fsp3) is 0.304. The van der Waals surface area contributed by atoms with Crippen molar-refractivity contribution in [3.63, 3.8) is 0 Å². The van der Waals surface area contributed by atoms with Crippen LogP contribution in [0.5, 0.6) is 0 Å². The van der Waals surface area contributed by atoms with Crippen molar-refractivity contribution in [2.75, 3.05) is 11.9 Å². The number of rotatable bonds is 4. The minimum Gasteiger partial charge on any atom is -0.360 e. The van der Waals surface area contributed by atoms with Crippen LogP contribution in [0.3, 0.4) is 0 Å². The van der Waals surface area contributed by atoms with E-state index in [1.165, 1.54) is 16.7 Å². The first-order valence-electron chi connectivity index (χ1n) is 9.95. The molecule has 1 unspecified atom stereocenters. The number of carbonyl (C=O) groups is 3. The zero-order chi connectivity index (χ0) is 22.6. The molecule has 3 amide bonds. The van der Waals surface area contributed by atoms with Crippen molar-refractivity contribution in [3.05, 3.63) is 60.2 Å². The fourth-order valence-corrected chi connectivity index (χ4v) is 4.26. The third-order valence-electron chi connectivity index (χ3n) is 4.44. The largest absolute Gasteiger partial charge is 0.360 e. The molecule has 0 aromatic heterocycles. The number of nitrogens with zero attached hydrogens (tertiary/aromatic N) is 2. The first-order valence-corrected chi connectivity index (χ1v) is 10.8. The molecule has 3 rings (SSSR count). The van der Waals surface area contributed by atoms with Crippen molar-refractivity contribution in [1.29, 1.82) is 0 Å². The number of hydrogen-bond acceptors (Lipinski definition) is 5. The molecule has 1 fully saturated rings. The minimum atomic E-state index is -0.580. The van der Waals surface area contributed by atoms with Crippen molar-refractivity contribution >= 4 is 46.0 Å². The summed E-state index contributed by atoms with van der Waals surface area (Å²) >= 11 is 1.26. The lowest BCUT2D eigenvalue weighted by Crippen LogP contribution is -2.40. The van der Waals surface area contributed by atoms with E-state index in [1.54, 1.807) is 31.3 Å². The molecule has 0 radical (unpaired) electrons. The van der Waals surface area contributed by atoms with E-state index in [2.05, 4.69) is 15.6 Å². The van der Waals surface area contributed by atoms with Gasteiger partial charge in [-0.2, -0.15) is 0 Å². The van der Waals surface area contributed by atoms with Gasteiger partial charge < -0.3 is 10.6 Å². The number of nitrogens with one attached hydrogen (secondary N) is 2. The molecule has 31 heavy (non-hydrogen) atoms. The van der Waals surface area contributed by atoms with Crippen LogP contribution in [0.4, 0.5) is 11.4 Å². The van der Waals surface area contributed by atoms with Crippen LogP contribution in [0, 0.1) is 0 Å². The van der Waals surface area contributed by atoms with Gasteiger partial charge in [-0.05, 0) is 57.2 Å². The van der Waals surface area contributed by atoms with Gasteiger partial charge in [-0.15, -0.1) is 0 Å². The van der Waals surface area contributed by atoms with Gasteiger partial charge in [-0.25, -0.2) is 9.89 Å². The number of imide groups is 1. The maximum atomic E-state index is 13.1. The van der Waals surface area contributed by atoms with Gasteiger partial charge in [0.05, 0.1) is 11.4 Å². The van der Waals surface area contributed by atoms with Crippen LogP contribution in [0.25, 0.3) is 0 Å². The number of carbonyl (C=O) groups excluding carboxylic acids is 3. The molecule has 1 aliphatic heterocycles. The lowest BCUT2D eigenvalue weighted by Gasteiger charge is -2.24. The second-order valence-corrected chi connectivity index (χ2v) is 9.32.